The van der Waals surface area contributed by atoms with E-state index in [4.69, 9.17) is 56.8 Å². The third-order valence-electron chi connectivity index (χ3n) is 22.5. The first-order valence-electron chi connectivity index (χ1n) is 42.8. The van der Waals surface area contributed by atoms with Gasteiger partial charge in [-0.05, 0) is 260 Å². The Balaban J connectivity index is 0.000000104. The standard InChI is InChI=1S/2C19H14FNO2.C19H15NO2.C18H11F2NO2.2C18H12FNO2/c1-12-9-14(4-6-16(12)20)19-15(3-2-8-21-19)13-5-7-17-18(10-13)23-11-22-17;1-12-4-6-16(20)15(9-12)19-14(3-2-8-21-19)13-5-7-17-18(10-13)23-11-22-17;1-13-4-2-5-15(10-13)19-16(6-3-9-20-19)14-7-8-17-18(11-14)22-12-21-17;19-14-5-3-12(8-15(14)20)18-13(2-1-7-21-18)11-4-6-16-17(9-11)23-10-22-16;19-14-4-1-3-13(9-14)18-15(5-2-8-20-18)12-6-7-16-17(10-12)22-11-21-16;19-14-6-3-12(4-7-14)18-15(2-1-9-20-18)13-5-8-16-17(10-13)22-11-21-16/h2*2-10H,11H2,1H3;2-11H,12H2,1H3;1-9H,10H2;2*1-10H,11H2. The van der Waals surface area contributed by atoms with Crippen molar-refractivity contribution in [2.45, 2.75) is 20.8 Å². The molecule has 0 unspecified atom stereocenters. The molecule has 24 rings (SSSR count). The van der Waals surface area contributed by atoms with E-state index in [2.05, 4.69) is 67.2 Å². The number of rotatable bonds is 12. The van der Waals surface area contributed by atoms with Gasteiger partial charge >= 0.3 is 0 Å². The van der Waals surface area contributed by atoms with E-state index in [0.717, 1.165) is 175 Å². The smallest absolute Gasteiger partial charge is 0.231 e. The summed E-state index contributed by atoms with van der Waals surface area (Å²) in [6.45, 7) is 7.22. The molecule has 0 aliphatic carbocycles. The van der Waals surface area contributed by atoms with E-state index in [1.807, 2.05) is 201 Å². The molecule has 0 radical (unpaired) electrons. The van der Waals surface area contributed by atoms with E-state index < -0.39 is 11.6 Å². The maximum atomic E-state index is 14.3. The van der Waals surface area contributed by atoms with Crippen LogP contribution in [0.25, 0.3) is 134 Å². The SMILES string of the molecule is Cc1cc(-c2ncccc2-c2ccc3c(c2)OCO3)ccc1F.Cc1ccc(F)c(-c2ncccc2-c2ccc3c(c2)OCO3)c1.Cc1cccc(-c2ncccc2-c2ccc3c(c2)OCO3)c1.Fc1ccc(-c2ncccc2-c2ccc3c(c2)OCO3)cc1.Fc1ccc(-c2ncccc2-c2ccc3c(c2)OCO3)cc1F.Fc1cccc(-c2ncccc2-c2ccc3c(c2)OCO3)c1. The summed E-state index contributed by atoms with van der Waals surface area (Å²) in [6.07, 6.45) is 10.3. The minimum Gasteiger partial charge on any atom is -0.454 e. The molecular weight excluding hydrogens is 1720 g/mol. The van der Waals surface area contributed by atoms with Gasteiger partial charge in [-0.15, -0.1) is 0 Å². The maximum Gasteiger partial charge on any atom is 0.231 e. The highest BCUT2D eigenvalue weighted by atomic mass is 19.2. The summed E-state index contributed by atoms with van der Waals surface area (Å²) in [6, 6.07) is 92.7. The van der Waals surface area contributed by atoms with Crippen LogP contribution in [0.4, 0.5) is 26.3 Å². The Kier molecular flexibility index (Phi) is 25.5. The lowest BCUT2D eigenvalue weighted by molar-refractivity contribution is 0.173. The first-order valence-corrected chi connectivity index (χ1v) is 42.8. The lowest BCUT2D eigenvalue weighted by Gasteiger charge is -2.11. The van der Waals surface area contributed by atoms with Gasteiger partial charge < -0.3 is 56.8 Å². The fourth-order valence-electron chi connectivity index (χ4n) is 15.9. The van der Waals surface area contributed by atoms with Gasteiger partial charge in [-0.3, -0.25) is 29.9 Å². The maximum absolute atomic E-state index is 14.3. The van der Waals surface area contributed by atoms with E-state index in [9.17, 15) is 26.3 Å². The Morgan fingerprint density at radius 1 is 0.178 bits per heavy atom. The van der Waals surface area contributed by atoms with Gasteiger partial charge in [0.05, 0.1) is 34.2 Å². The van der Waals surface area contributed by atoms with Crippen LogP contribution in [-0.4, -0.2) is 70.7 Å². The second kappa shape index (κ2) is 39.6. The van der Waals surface area contributed by atoms with Crippen molar-refractivity contribution < 1.29 is 83.2 Å². The highest BCUT2D eigenvalue weighted by Crippen LogP contribution is 2.47. The summed E-state index contributed by atoms with van der Waals surface area (Å²) >= 11 is 0. The molecule has 24 heteroatoms. The second-order valence-electron chi connectivity index (χ2n) is 31.3. The monoisotopic (exact) mass is 1800 g/mol. The fraction of sp³-hybridized carbons (Fsp3) is 0.0811. The van der Waals surface area contributed by atoms with Crippen LogP contribution < -0.4 is 56.8 Å². The number of ether oxygens (including phenoxy) is 12. The molecule has 0 bridgehead atoms. The molecule has 6 aliphatic heterocycles. The number of aryl methyl sites for hydroxylation is 3. The van der Waals surface area contributed by atoms with Crippen molar-refractivity contribution in [3.8, 4) is 203 Å². The molecule has 6 aliphatic rings. The van der Waals surface area contributed by atoms with Crippen LogP contribution in [0.2, 0.25) is 0 Å². The molecule has 135 heavy (non-hydrogen) atoms. The predicted molar refractivity (Wildman–Crippen MR) is 501 cm³/mol. The first-order chi connectivity index (χ1) is 66.1. The van der Waals surface area contributed by atoms with Gasteiger partial charge in [0.1, 0.15) is 23.3 Å². The Morgan fingerprint density at radius 2 is 0.459 bits per heavy atom. The van der Waals surface area contributed by atoms with Gasteiger partial charge in [0.25, 0.3) is 0 Å². The van der Waals surface area contributed by atoms with Gasteiger partial charge in [-0.25, -0.2) is 26.3 Å². The van der Waals surface area contributed by atoms with Crippen molar-refractivity contribution in [1.82, 2.24) is 29.9 Å². The number of nitrogens with zero attached hydrogens (tertiary/aromatic N) is 6. The van der Waals surface area contributed by atoms with E-state index in [1.165, 1.54) is 48.0 Å². The van der Waals surface area contributed by atoms with Crippen molar-refractivity contribution >= 4 is 0 Å². The summed E-state index contributed by atoms with van der Waals surface area (Å²) in [5, 5.41) is 0. The van der Waals surface area contributed by atoms with Gasteiger partial charge in [0.2, 0.25) is 40.8 Å². The van der Waals surface area contributed by atoms with Gasteiger partial charge in [-0.1, -0.05) is 120 Å². The van der Waals surface area contributed by atoms with Crippen molar-refractivity contribution in [2.75, 3.05) is 40.8 Å². The summed E-state index contributed by atoms with van der Waals surface area (Å²) in [5.74, 6) is 5.94. The molecule has 18 aromatic rings. The lowest BCUT2D eigenvalue weighted by Crippen LogP contribution is -1.93. The zero-order valence-electron chi connectivity index (χ0n) is 72.5. The average molecular weight is 1800 g/mol. The highest BCUT2D eigenvalue weighted by Gasteiger charge is 2.25. The Labute approximate surface area is 771 Å². The number of hydrogen-bond donors (Lipinski definition) is 0. The number of fused-ring (bicyclic) bond motifs is 6. The van der Waals surface area contributed by atoms with Gasteiger partial charge in [0, 0.05) is 104 Å². The molecule has 18 nitrogen and oxygen atoms in total. The fourth-order valence-corrected chi connectivity index (χ4v) is 15.9. The number of benzene rings is 12. The van der Waals surface area contributed by atoms with Crippen LogP contribution in [0, 0.1) is 55.7 Å². The average Bonchev–Trinajstić information content (AvgIpc) is 1.33. The van der Waals surface area contributed by atoms with Crippen molar-refractivity contribution in [2.24, 2.45) is 0 Å². The number of halogens is 6. The number of hydrogen-bond acceptors (Lipinski definition) is 18. The second-order valence-corrected chi connectivity index (χ2v) is 31.3. The van der Waals surface area contributed by atoms with Crippen molar-refractivity contribution in [3.63, 3.8) is 0 Å². The Bertz CT molecular complexity index is 7170. The van der Waals surface area contributed by atoms with E-state index in [1.54, 1.807) is 74.3 Å². The molecule has 0 fully saturated rings. The van der Waals surface area contributed by atoms with Crippen molar-refractivity contribution in [3.05, 3.63) is 398 Å². The molecule has 0 spiro atoms. The number of pyridine rings is 6. The van der Waals surface area contributed by atoms with Crippen LogP contribution in [0.15, 0.2) is 347 Å². The molecule has 12 aromatic carbocycles. The molecule has 0 N–H and O–H groups in total. The molecule has 6 aromatic heterocycles. The Morgan fingerprint density at radius 3 is 0.807 bits per heavy atom. The molecule has 0 saturated carbocycles. The van der Waals surface area contributed by atoms with Crippen molar-refractivity contribution in [1.29, 1.82) is 0 Å². The zero-order chi connectivity index (χ0) is 92.3. The molecule has 0 saturated heterocycles. The lowest BCUT2D eigenvalue weighted by atomic mass is 9.98. The van der Waals surface area contributed by atoms with Crippen LogP contribution in [0.3, 0.4) is 0 Å². The van der Waals surface area contributed by atoms with E-state index >= 15 is 0 Å². The minimum atomic E-state index is -0.898. The first kappa shape index (κ1) is 87.1. The topological polar surface area (TPSA) is 188 Å². The third kappa shape index (κ3) is 19.6. The summed E-state index contributed by atoms with van der Waals surface area (Å²) in [7, 11) is 0. The van der Waals surface area contributed by atoms with Crippen LogP contribution >= 0.6 is 0 Å². The van der Waals surface area contributed by atoms with Crippen LogP contribution in [0.5, 0.6) is 69.0 Å². The number of aromatic nitrogens is 6. The summed E-state index contributed by atoms with van der Waals surface area (Å²) < 4.78 is 146. The Hall–Kier alpha value is -17.3. The van der Waals surface area contributed by atoms with Crippen LogP contribution in [0.1, 0.15) is 16.7 Å². The van der Waals surface area contributed by atoms with Gasteiger partial charge in [-0.2, -0.15) is 0 Å². The van der Waals surface area contributed by atoms with Gasteiger partial charge in [0.15, 0.2) is 80.6 Å². The third-order valence-corrected chi connectivity index (χ3v) is 22.5. The van der Waals surface area contributed by atoms with E-state index in [-0.39, 0.29) is 64.0 Å². The molecule has 12 heterocycles. The molecular formula is C111H78F6N6O12. The molecule has 666 valence electrons. The minimum absolute atomic E-state index is 0.196. The van der Waals surface area contributed by atoms with Crippen LogP contribution in [-0.2, 0) is 0 Å². The quantitative estimate of drug-likeness (QED) is 0.105. The van der Waals surface area contributed by atoms with E-state index in [0.29, 0.717) is 51.1 Å². The summed E-state index contributed by atoms with van der Waals surface area (Å²) in [4.78, 5) is 26.7. The molecule has 0 amide bonds. The molecule has 0 atom stereocenters. The predicted octanol–water partition coefficient (Wildman–Crippen LogP) is 26.6. The largest absolute Gasteiger partial charge is 0.454 e. The highest BCUT2D eigenvalue weighted by molar-refractivity contribution is 5.88. The summed E-state index contributed by atoms with van der Waals surface area (Å²) in [5.41, 5.74) is 23.4. The normalized spacial score (nSPS) is 12.4. The zero-order valence-corrected chi connectivity index (χ0v) is 72.5.